The van der Waals surface area contributed by atoms with Gasteiger partial charge in [-0.15, -0.1) is 0 Å². The number of benzene rings is 1. The Kier molecular flexibility index (Phi) is 3.20. The molecule has 2 heterocycles. The first-order valence-corrected chi connectivity index (χ1v) is 6.64. The van der Waals surface area contributed by atoms with Crippen LogP contribution < -0.4 is 4.90 Å². The third-order valence-electron chi connectivity index (χ3n) is 3.39. The van der Waals surface area contributed by atoms with E-state index in [2.05, 4.69) is 46.3 Å². The monoisotopic (exact) mass is 258 g/mol. The van der Waals surface area contributed by atoms with E-state index in [4.69, 9.17) is 11.6 Å². The van der Waals surface area contributed by atoms with Gasteiger partial charge >= 0.3 is 0 Å². The van der Waals surface area contributed by atoms with Crippen molar-refractivity contribution in [3.63, 3.8) is 0 Å². The Bertz CT molecular complexity index is 539. The lowest BCUT2D eigenvalue weighted by Crippen LogP contribution is -2.29. The number of hydrogen-bond donors (Lipinski definition) is 0. The van der Waals surface area contributed by atoms with Gasteiger partial charge in [-0.25, -0.2) is 4.98 Å². The molecular formula is C15H15ClN2. The maximum absolute atomic E-state index is 6.17. The average Bonchev–Trinajstić information content (AvgIpc) is 2.41. The molecular weight excluding hydrogens is 244 g/mol. The maximum Gasteiger partial charge on any atom is 0.134 e. The summed E-state index contributed by atoms with van der Waals surface area (Å²) in [6.45, 7) is 2.02. The highest BCUT2D eigenvalue weighted by Gasteiger charge is 2.19. The lowest BCUT2D eigenvalue weighted by atomic mass is 10.0. The molecule has 0 spiro atoms. The number of halogens is 1. The normalized spacial score (nSPS) is 14.4. The Morgan fingerprint density at radius 3 is 2.83 bits per heavy atom. The molecule has 1 aliphatic heterocycles. The smallest absolute Gasteiger partial charge is 0.134 e. The number of rotatable bonds is 2. The summed E-state index contributed by atoms with van der Waals surface area (Å²) >= 11 is 6.17. The minimum absolute atomic E-state index is 0.658. The van der Waals surface area contributed by atoms with E-state index in [0.29, 0.717) is 5.15 Å². The highest BCUT2D eigenvalue weighted by atomic mass is 35.5. The molecule has 0 saturated heterocycles. The summed E-state index contributed by atoms with van der Waals surface area (Å²) in [5.74, 6) is 0. The van der Waals surface area contributed by atoms with Gasteiger partial charge in [-0.1, -0.05) is 41.9 Å². The van der Waals surface area contributed by atoms with Crippen molar-refractivity contribution in [2.75, 3.05) is 11.4 Å². The minimum atomic E-state index is 0.658. The Morgan fingerprint density at radius 2 is 2.00 bits per heavy atom. The highest BCUT2D eigenvalue weighted by Crippen LogP contribution is 2.31. The largest absolute Gasteiger partial charge is 0.367 e. The quantitative estimate of drug-likeness (QED) is 0.764. The van der Waals surface area contributed by atoms with Gasteiger partial charge in [0, 0.05) is 30.5 Å². The van der Waals surface area contributed by atoms with Gasteiger partial charge in [0.25, 0.3) is 0 Å². The molecule has 0 bridgehead atoms. The predicted octanol–water partition coefficient (Wildman–Crippen LogP) is 3.69. The van der Waals surface area contributed by atoms with Crippen LogP contribution in [0, 0.1) is 0 Å². The number of fused-ring (bicyclic) bond motifs is 1. The molecule has 0 unspecified atom stereocenters. The van der Waals surface area contributed by atoms with Crippen molar-refractivity contribution >= 4 is 17.3 Å². The van der Waals surface area contributed by atoms with Crippen molar-refractivity contribution in [3.05, 3.63) is 58.9 Å². The summed E-state index contributed by atoms with van der Waals surface area (Å²) in [6, 6.07) is 12.6. The third-order valence-corrected chi connectivity index (χ3v) is 3.72. The number of anilines is 1. The van der Waals surface area contributed by atoms with E-state index in [1.165, 1.54) is 16.8 Å². The predicted molar refractivity (Wildman–Crippen MR) is 75.1 cm³/mol. The maximum atomic E-state index is 6.17. The zero-order chi connectivity index (χ0) is 12.4. The van der Waals surface area contributed by atoms with E-state index in [-0.39, 0.29) is 0 Å². The summed E-state index contributed by atoms with van der Waals surface area (Å²) in [4.78, 5) is 6.56. The SMILES string of the molecule is Clc1nccc2c1CCCN2Cc1ccccc1. The molecule has 0 saturated carbocycles. The molecule has 1 aliphatic rings. The zero-order valence-electron chi connectivity index (χ0n) is 10.1. The highest BCUT2D eigenvalue weighted by molar-refractivity contribution is 6.30. The van der Waals surface area contributed by atoms with E-state index >= 15 is 0 Å². The van der Waals surface area contributed by atoms with Crippen LogP contribution >= 0.6 is 11.6 Å². The fourth-order valence-electron chi connectivity index (χ4n) is 2.52. The number of hydrogen-bond acceptors (Lipinski definition) is 2. The first-order chi connectivity index (χ1) is 8.84. The summed E-state index contributed by atoms with van der Waals surface area (Å²) in [7, 11) is 0. The van der Waals surface area contributed by atoms with Crippen LogP contribution in [0.15, 0.2) is 42.6 Å². The molecule has 3 heteroatoms. The van der Waals surface area contributed by atoms with Crippen molar-refractivity contribution in [2.45, 2.75) is 19.4 Å². The van der Waals surface area contributed by atoms with Gasteiger partial charge in [0.2, 0.25) is 0 Å². The second-order valence-corrected chi connectivity index (χ2v) is 4.97. The van der Waals surface area contributed by atoms with Crippen LogP contribution in [0.1, 0.15) is 17.5 Å². The number of nitrogens with zero attached hydrogens (tertiary/aromatic N) is 2. The molecule has 2 nitrogen and oxygen atoms in total. The third kappa shape index (κ3) is 2.21. The lowest BCUT2D eigenvalue weighted by molar-refractivity contribution is 0.688. The summed E-state index contributed by atoms with van der Waals surface area (Å²) in [5, 5.41) is 0.658. The molecule has 2 aromatic rings. The number of aromatic nitrogens is 1. The molecule has 1 aromatic carbocycles. The van der Waals surface area contributed by atoms with Crippen molar-refractivity contribution < 1.29 is 0 Å². The van der Waals surface area contributed by atoms with E-state index in [9.17, 15) is 0 Å². The molecule has 0 amide bonds. The Hall–Kier alpha value is -1.54. The molecule has 1 aromatic heterocycles. The molecule has 0 aliphatic carbocycles. The first kappa shape index (κ1) is 11.5. The van der Waals surface area contributed by atoms with Crippen molar-refractivity contribution in [2.24, 2.45) is 0 Å². The van der Waals surface area contributed by atoms with Crippen molar-refractivity contribution in [3.8, 4) is 0 Å². The second kappa shape index (κ2) is 4.99. The minimum Gasteiger partial charge on any atom is -0.367 e. The van der Waals surface area contributed by atoms with Gasteiger partial charge in [-0.2, -0.15) is 0 Å². The standard InChI is InChI=1S/C15H15ClN2/c16-15-13-7-4-10-18(14(13)8-9-17-15)11-12-5-2-1-3-6-12/h1-3,5-6,8-9H,4,7,10-11H2. The van der Waals surface area contributed by atoms with Crippen LogP contribution in [0.25, 0.3) is 0 Å². The summed E-state index contributed by atoms with van der Waals surface area (Å²) < 4.78 is 0. The Morgan fingerprint density at radius 1 is 1.17 bits per heavy atom. The summed E-state index contributed by atoms with van der Waals surface area (Å²) in [5.41, 5.74) is 3.77. The molecule has 0 radical (unpaired) electrons. The van der Waals surface area contributed by atoms with Gasteiger partial charge in [0.1, 0.15) is 5.15 Å². The van der Waals surface area contributed by atoms with Crippen LogP contribution in [-0.4, -0.2) is 11.5 Å². The molecule has 18 heavy (non-hydrogen) atoms. The molecule has 92 valence electrons. The van der Waals surface area contributed by atoms with Crippen molar-refractivity contribution in [1.82, 2.24) is 4.98 Å². The Balaban J connectivity index is 1.90. The van der Waals surface area contributed by atoms with Crippen LogP contribution in [0.4, 0.5) is 5.69 Å². The van der Waals surface area contributed by atoms with Gasteiger partial charge in [-0.05, 0) is 24.5 Å². The Labute approximate surface area is 112 Å². The fraction of sp³-hybridized carbons (Fsp3) is 0.267. The van der Waals surface area contributed by atoms with E-state index in [1.807, 2.05) is 0 Å². The van der Waals surface area contributed by atoms with Gasteiger partial charge in [0.05, 0.1) is 0 Å². The van der Waals surface area contributed by atoms with Gasteiger partial charge < -0.3 is 4.90 Å². The van der Waals surface area contributed by atoms with Crippen molar-refractivity contribution in [1.29, 1.82) is 0 Å². The zero-order valence-corrected chi connectivity index (χ0v) is 10.9. The van der Waals surface area contributed by atoms with Crippen LogP contribution in [0.5, 0.6) is 0 Å². The summed E-state index contributed by atoms with van der Waals surface area (Å²) in [6.07, 6.45) is 3.98. The average molecular weight is 259 g/mol. The lowest BCUT2D eigenvalue weighted by Gasteiger charge is -2.31. The van der Waals surface area contributed by atoms with Crippen LogP contribution in [0.3, 0.4) is 0 Å². The van der Waals surface area contributed by atoms with Crippen LogP contribution in [0.2, 0.25) is 5.15 Å². The van der Waals surface area contributed by atoms with Crippen LogP contribution in [-0.2, 0) is 13.0 Å². The first-order valence-electron chi connectivity index (χ1n) is 6.27. The molecule has 0 N–H and O–H groups in total. The van der Waals surface area contributed by atoms with E-state index in [1.54, 1.807) is 6.20 Å². The van der Waals surface area contributed by atoms with Gasteiger partial charge in [-0.3, -0.25) is 0 Å². The van der Waals surface area contributed by atoms with E-state index < -0.39 is 0 Å². The number of pyridine rings is 1. The second-order valence-electron chi connectivity index (χ2n) is 4.61. The molecule has 0 atom stereocenters. The molecule has 0 fully saturated rings. The molecule has 3 rings (SSSR count). The fourth-order valence-corrected chi connectivity index (χ4v) is 2.77. The van der Waals surface area contributed by atoms with Gasteiger partial charge in [0.15, 0.2) is 0 Å². The topological polar surface area (TPSA) is 16.1 Å². The van der Waals surface area contributed by atoms with E-state index in [0.717, 1.165) is 25.9 Å².